The van der Waals surface area contributed by atoms with Crippen LogP contribution < -0.4 is 0 Å². The number of nitrogens with zero attached hydrogens (tertiary/aromatic N) is 1. The maximum atomic E-state index is 14.2. The summed E-state index contributed by atoms with van der Waals surface area (Å²) < 4.78 is 101. The molecule has 4 aliphatic rings. The van der Waals surface area contributed by atoms with Gasteiger partial charge in [0.2, 0.25) is 0 Å². The Morgan fingerprint density at radius 1 is 0.741 bits per heavy atom. The first-order valence-corrected chi connectivity index (χ1v) is 30.8. The zero-order chi connectivity index (χ0) is 58.9. The molecule has 81 heavy (non-hydrogen) atoms. The van der Waals surface area contributed by atoms with Crippen LogP contribution in [0.4, 0.5) is 4.79 Å². The molecule has 0 saturated carbocycles. The Labute approximate surface area is 484 Å². The Morgan fingerprint density at radius 2 is 1.31 bits per heavy atom. The van der Waals surface area contributed by atoms with Gasteiger partial charge in [-0.3, -0.25) is 0 Å². The Balaban J connectivity index is 1.27. The molecule has 4 heterocycles. The quantitative estimate of drug-likeness (QED) is 0.0253. The minimum atomic E-state index is -1.92. The zero-order valence-corrected chi connectivity index (χ0v) is 50.9. The molecule has 442 valence electrons. The van der Waals surface area contributed by atoms with Gasteiger partial charge in [0.25, 0.3) is 0 Å². The second-order valence-corrected chi connectivity index (χ2v) is 24.8. The van der Waals surface area contributed by atoms with Gasteiger partial charge in [0.05, 0.1) is 13.7 Å². The van der Waals surface area contributed by atoms with E-state index in [1.54, 1.807) is 25.6 Å². The molecule has 4 saturated heterocycles. The van der Waals surface area contributed by atoms with Crippen molar-refractivity contribution in [2.24, 2.45) is 23.7 Å². The van der Waals surface area contributed by atoms with Crippen molar-refractivity contribution in [1.82, 2.24) is 4.90 Å². The van der Waals surface area contributed by atoms with Crippen LogP contribution in [0.15, 0.2) is 60.7 Å². The van der Waals surface area contributed by atoms with Gasteiger partial charge in [-0.25, -0.2) is 9.59 Å². The van der Waals surface area contributed by atoms with E-state index in [0.717, 1.165) is 24.6 Å². The van der Waals surface area contributed by atoms with Gasteiger partial charge in [-0.1, -0.05) is 60.7 Å². The fourth-order valence-electron chi connectivity index (χ4n) is 11.2. The Hall–Kier alpha value is -3.48. The van der Waals surface area contributed by atoms with E-state index in [2.05, 4.69) is 6.92 Å². The molecule has 4 fully saturated rings. The third-order valence-electron chi connectivity index (χ3n) is 15.7. The van der Waals surface area contributed by atoms with Crippen LogP contribution in [0.2, 0.25) is 0 Å². The van der Waals surface area contributed by atoms with Crippen LogP contribution in [0.25, 0.3) is 0 Å². The SMILES string of the molecule is CC[C@H](C)C1O[C@H](O[C@H]2C([C@H]3COC(C)(C)O3)O[C@@](OCCCCCN(Cc3ccccc3)C(=O)OCc3ccccc3)(C(=O)OC)C[C@H]2C)C(OC(C)=O)[C@@H](O[C@H]2O[C@@H]([C@@H](C)CC)[C@@H](P[B]B=O)C(C)C2OC(C)=O)[C@@H]1P[B]B=O. The van der Waals surface area contributed by atoms with Gasteiger partial charge in [0.1, 0.15) is 6.61 Å². The molecule has 1 amide bonds. The van der Waals surface area contributed by atoms with Crippen LogP contribution in [0.1, 0.15) is 119 Å². The Kier molecular flexibility index (Phi) is 26.5. The van der Waals surface area contributed by atoms with Crippen LogP contribution in [-0.2, 0) is 93.8 Å². The van der Waals surface area contributed by atoms with Gasteiger partial charge in [-0.05, 0) is 44.2 Å². The Bertz CT molecular complexity index is 2320. The topological polar surface area (TPSA) is 216 Å². The van der Waals surface area contributed by atoms with Crippen molar-refractivity contribution in [3.8, 4) is 0 Å². The summed E-state index contributed by atoms with van der Waals surface area (Å²) in [5.41, 5.74) is 1.06. The molecular weight excluding hydrogens is 1080 g/mol. The number of carbonyl (C=O) groups is 4. The van der Waals surface area contributed by atoms with Crippen LogP contribution in [0.5, 0.6) is 0 Å². The first-order valence-electron chi connectivity index (χ1n) is 28.5. The summed E-state index contributed by atoms with van der Waals surface area (Å²) in [5.74, 6) is -6.02. The molecular formula is C56H83B4NO18P2. The predicted molar refractivity (Wildman–Crippen MR) is 306 cm³/mol. The van der Waals surface area contributed by atoms with E-state index in [9.17, 15) is 28.6 Å². The minimum absolute atomic E-state index is 0.0000507. The van der Waals surface area contributed by atoms with E-state index < -0.39 is 109 Å². The summed E-state index contributed by atoms with van der Waals surface area (Å²) >= 11 is 0. The summed E-state index contributed by atoms with van der Waals surface area (Å²) in [6.07, 6.45) is -7.08. The first kappa shape index (κ1) is 66.7. The van der Waals surface area contributed by atoms with Crippen molar-refractivity contribution in [1.29, 1.82) is 0 Å². The van der Waals surface area contributed by atoms with Gasteiger partial charge < -0.3 is 14.4 Å². The van der Waals surface area contributed by atoms with Crippen molar-refractivity contribution in [3.05, 3.63) is 71.8 Å². The van der Waals surface area contributed by atoms with Crippen molar-refractivity contribution < 1.29 is 85.4 Å². The van der Waals surface area contributed by atoms with E-state index in [4.69, 9.17) is 56.8 Å². The third kappa shape index (κ3) is 18.3. The summed E-state index contributed by atoms with van der Waals surface area (Å²) in [6.45, 7) is 22.2. The summed E-state index contributed by atoms with van der Waals surface area (Å²) in [5, 5.41) is 0. The van der Waals surface area contributed by atoms with E-state index in [0.29, 0.717) is 45.8 Å². The molecule has 0 aliphatic carbocycles. The van der Waals surface area contributed by atoms with Gasteiger partial charge in [-0.15, -0.1) is 0 Å². The number of ether oxygens (including phenoxy) is 12. The molecule has 0 N–H and O–H groups in total. The van der Waals surface area contributed by atoms with Gasteiger partial charge in [-0.2, -0.15) is 0 Å². The molecule has 4 aliphatic heterocycles. The van der Waals surface area contributed by atoms with Crippen LogP contribution in [-0.4, -0.2) is 168 Å². The molecule has 2 aromatic carbocycles. The summed E-state index contributed by atoms with van der Waals surface area (Å²) in [4.78, 5) is 55.6. The summed E-state index contributed by atoms with van der Waals surface area (Å²) in [6, 6.07) is 19.2. The first-order chi connectivity index (χ1) is 38.8. The van der Waals surface area contributed by atoms with E-state index in [-0.39, 0.29) is 66.6 Å². The molecule has 0 aromatic heterocycles. The van der Waals surface area contributed by atoms with Crippen LogP contribution in [0, 0.1) is 23.7 Å². The fourth-order valence-corrected chi connectivity index (χ4v) is 13.9. The average Bonchev–Trinajstić information content (AvgIpc) is 4.07. The number of hydrogen-bond acceptors (Lipinski definition) is 18. The second-order valence-electron chi connectivity index (χ2n) is 22.1. The molecule has 25 heteroatoms. The number of rotatable bonds is 29. The number of methoxy groups -OCH3 is 1. The maximum absolute atomic E-state index is 14.2. The predicted octanol–water partition coefficient (Wildman–Crippen LogP) is 7.53. The molecule has 6 rings (SSSR count). The van der Waals surface area contributed by atoms with Gasteiger partial charge in [0, 0.05) is 13.1 Å². The fraction of sp³-hybridized carbons (Fsp3) is 0.714. The molecule has 19 nitrogen and oxygen atoms in total. The van der Waals surface area contributed by atoms with Crippen LogP contribution >= 0.6 is 16.9 Å². The third-order valence-corrected chi connectivity index (χ3v) is 18.6. The van der Waals surface area contributed by atoms with Crippen molar-refractivity contribution >= 4 is 68.8 Å². The molecule has 19 atom stereocenters. The van der Waals surface area contributed by atoms with E-state index in [1.165, 1.54) is 27.8 Å². The molecule has 7 unspecified atom stereocenters. The number of esters is 3. The van der Waals surface area contributed by atoms with Crippen molar-refractivity contribution in [3.63, 3.8) is 0 Å². The van der Waals surface area contributed by atoms with Gasteiger partial charge >= 0.3 is 324 Å². The molecule has 0 spiro atoms. The summed E-state index contributed by atoms with van der Waals surface area (Å²) in [7, 11) is 2.63. The number of amides is 1. The van der Waals surface area contributed by atoms with Crippen LogP contribution in [0.3, 0.4) is 0 Å². The zero-order valence-electron chi connectivity index (χ0n) is 48.9. The average molecular weight is 1160 g/mol. The van der Waals surface area contributed by atoms with Crippen molar-refractivity contribution in [2.45, 2.75) is 205 Å². The van der Waals surface area contributed by atoms with E-state index in [1.807, 2.05) is 95.3 Å². The number of benzene rings is 2. The second kappa shape index (κ2) is 32.1. The van der Waals surface area contributed by atoms with Crippen molar-refractivity contribution in [2.75, 3.05) is 26.9 Å². The molecule has 2 radical (unpaired) electrons. The Morgan fingerprint density at radius 3 is 1.88 bits per heavy atom. The van der Waals surface area contributed by atoms with Gasteiger partial charge in [0.15, 0.2) is 0 Å². The normalized spacial score (nSPS) is 31.8. The number of hydrogen-bond donors (Lipinski definition) is 0. The number of carbonyl (C=O) groups excluding carboxylic acids is 4. The standard InChI is InChI=1S/C56H83B4NO18P2/c1-12-33(3)43-49(80-59-57-66)36(6)45(72-37(7)62)51(75-43)77-47-48(73-38(8)63)52(76-44(34(4)13-2)50(47)81-60-58-67)74-42-35(5)29-56(53(64)68-11,79-46(42)41-32-71-55(9,10)78-41)70-28-22-16-21-27-61(30-39-23-17-14-18-24-39)54(65)69-31-40-25-19-15-20-26-40/h14-15,17-20,23-26,33-36,41-52,80-81H,12-13,16,21-22,27-32H2,1-11H3/t33-,34-,35+,36?,41+,42+,43-,44?,45?,46?,47+,48?,49-,50+,51+,52-,56+/m0/s1. The monoisotopic (exact) mass is 1160 g/mol. The molecule has 2 aromatic rings. The molecule has 0 bridgehead atoms. The van der Waals surface area contributed by atoms with E-state index >= 15 is 0 Å². The number of unbranched alkanes of at least 4 members (excludes halogenated alkanes) is 2.